The van der Waals surface area contributed by atoms with Crippen LogP contribution in [0.5, 0.6) is 5.75 Å². The van der Waals surface area contributed by atoms with Crippen molar-refractivity contribution >= 4 is 17.3 Å². The molecular formula is C23H22F2N2O2. The Morgan fingerprint density at radius 3 is 2.34 bits per heavy atom. The number of rotatable bonds is 7. The van der Waals surface area contributed by atoms with Gasteiger partial charge >= 0.3 is 0 Å². The van der Waals surface area contributed by atoms with Crippen molar-refractivity contribution in [2.45, 2.75) is 19.4 Å². The first kappa shape index (κ1) is 20.3. The average molecular weight is 396 g/mol. The molecule has 6 heteroatoms. The third kappa shape index (κ3) is 5.10. The van der Waals surface area contributed by atoms with Crippen molar-refractivity contribution in [2.24, 2.45) is 0 Å². The minimum absolute atomic E-state index is 0.453. The predicted molar refractivity (Wildman–Crippen MR) is 110 cm³/mol. The van der Waals surface area contributed by atoms with Crippen molar-refractivity contribution in [2.75, 3.05) is 17.7 Å². The normalized spacial score (nSPS) is 11.6. The van der Waals surface area contributed by atoms with Crippen LogP contribution < -0.4 is 15.4 Å². The van der Waals surface area contributed by atoms with E-state index in [9.17, 15) is 13.6 Å². The summed E-state index contributed by atoms with van der Waals surface area (Å²) in [5.41, 5.74) is 2.33. The predicted octanol–water partition coefficient (Wildman–Crippen LogP) is 5.00. The van der Waals surface area contributed by atoms with Crippen LogP contribution in [0.2, 0.25) is 0 Å². The van der Waals surface area contributed by atoms with Gasteiger partial charge in [0.15, 0.2) is 0 Å². The van der Waals surface area contributed by atoms with Crippen molar-refractivity contribution in [3.63, 3.8) is 0 Å². The van der Waals surface area contributed by atoms with Crippen LogP contribution in [0.4, 0.5) is 20.2 Å². The van der Waals surface area contributed by atoms with Crippen LogP contribution in [0.15, 0.2) is 66.7 Å². The molecule has 0 aromatic heterocycles. The van der Waals surface area contributed by atoms with Gasteiger partial charge in [-0.15, -0.1) is 0 Å². The second kappa shape index (κ2) is 9.19. The molecule has 0 aliphatic carbocycles. The summed E-state index contributed by atoms with van der Waals surface area (Å²) in [5.74, 6) is -1.44. The van der Waals surface area contributed by atoms with E-state index in [1.807, 2.05) is 42.5 Å². The van der Waals surface area contributed by atoms with Crippen molar-refractivity contribution in [1.82, 2.24) is 0 Å². The number of carbonyl (C=O) groups is 1. The quantitative estimate of drug-likeness (QED) is 0.591. The molecule has 1 atom stereocenters. The van der Waals surface area contributed by atoms with E-state index in [2.05, 4.69) is 10.6 Å². The fourth-order valence-electron chi connectivity index (χ4n) is 2.99. The Labute approximate surface area is 168 Å². The van der Waals surface area contributed by atoms with Crippen LogP contribution in [-0.4, -0.2) is 19.1 Å². The van der Waals surface area contributed by atoms with E-state index in [0.717, 1.165) is 29.0 Å². The highest BCUT2D eigenvalue weighted by Crippen LogP contribution is 2.26. The number of amides is 1. The molecule has 0 spiro atoms. The molecule has 0 saturated heterocycles. The molecule has 0 fully saturated rings. The minimum atomic E-state index is -0.819. The van der Waals surface area contributed by atoms with Gasteiger partial charge in [0, 0.05) is 17.7 Å². The molecule has 3 aromatic carbocycles. The molecule has 0 radical (unpaired) electrons. The maximum Gasteiger partial charge on any atom is 0.246 e. The zero-order valence-corrected chi connectivity index (χ0v) is 16.2. The van der Waals surface area contributed by atoms with Gasteiger partial charge < -0.3 is 15.4 Å². The molecule has 3 aromatic rings. The van der Waals surface area contributed by atoms with Crippen LogP contribution >= 0.6 is 0 Å². The molecule has 0 heterocycles. The number of carbonyl (C=O) groups excluding carboxylic acids is 1. The van der Waals surface area contributed by atoms with Crippen LogP contribution in [0, 0.1) is 11.6 Å². The molecule has 0 unspecified atom stereocenters. The Morgan fingerprint density at radius 2 is 1.69 bits per heavy atom. The Balaban J connectivity index is 1.73. The first-order valence-electron chi connectivity index (χ1n) is 9.20. The molecule has 3 rings (SSSR count). The minimum Gasteiger partial charge on any atom is -0.496 e. The number of anilines is 2. The smallest absolute Gasteiger partial charge is 0.246 e. The number of halogens is 2. The van der Waals surface area contributed by atoms with Gasteiger partial charge in [-0.05, 0) is 42.8 Å². The fourth-order valence-corrected chi connectivity index (χ4v) is 2.99. The Bertz CT molecular complexity index is 973. The molecule has 1 amide bonds. The monoisotopic (exact) mass is 396 g/mol. The maximum atomic E-state index is 13.8. The van der Waals surface area contributed by atoms with Crippen LogP contribution in [-0.2, 0) is 11.2 Å². The number of benzene rings is 3. The number of ether oxygens (including phenoxy) is 1. The summed E-state index contributed by atoms with van der Waals surface area (Å²) in [7, 11) is 1.61. The van der Waals surface area contributed by atoms with Gasteiger partial charge in [-0.1, -0.05) is 36.4 Å². The lowest BCUT2D eigenvalue weighted by molar-refractivity contribution is -0.116. The van der Waals surface area contributed by atoms with E-state index in [1.165, 1.54) is 6.07 Å². The highest BCUT2D eigenvalue weighted by atomic mass is 19.1. The highest BCUT2D eigenvalue weighted by molar-refractivity contribution is 5.96. The van der Waals surface area contributed by atoms with Gasteiger partial charge in [0.25, 0.3) is 0 Å². The second-order valence-electron chi connectivity index (χ2n) is 6.64. The molecule has 2 N–H and O–H groups in total. The second-order valence-corrected chi connectivity index (χ2v) is 6.64. The number of hydrogen-bond acceptors (Lipinski definition) is 3. The number of para-hydroxylation sites is 1. The van der Waals surface area contributed by atoms with Crippen LogP contribution in [0.25, 0.3) is 0 Å². The lowest BCUT2D eigenvalue weighted by atomic mass is 10.0. The molecule has 4 nitrogen and oxygen atoms in total. The van der Waals surface area contributed by atoms with E-state index < -0.39 is 29.3 Å². The van der Waals surface area contributed by atoms with Gasteiger partial charge in [0.2, 0.25) is 5.91 Å². The fraction of sp³-hybridized carbons (Fsp3) is 0.174. The summed E-state index contributed by atoms with van der Waals surface area (Å²) in [6.07, 6.45) is 0.667. The van der Waals surface area contributed by atoms with Gasteiger partial charge in [0.05, 0.1) is 7.11 Å². The third-order valence-corrected chi connectivity index (χ3v) is 4.51. The Kier molecular flexibility index (Phi) is 6.44. The summed E-state index contributed by atoms with van der Waals surface area (Å²) in [5, 5.41) is 5.37. The lowest BCUT2D eigenvalue weighted by Gasteiger charge is -2.17. The summed E-state index contributed by atoms with van der Waals surface area (Å²) in [6.45, 7) is 1.62. The zero-order chi connectivity index (χ0) is 20.8. The van der Waals surface area contributed by atoms with E-state index in [0.29, 0.717) is 12.1 Å². The van der Waals surface area contributed by atoms with Gasteiger partial charge in [-0.3, -0.25) is 4.79 Å². The average Bonchev–Trinajstić information content (AvgIpc) is 2.71. The van der Waals surface area contributed by atoms with Gasteiger partial charge in [0.1, 0.15) is 29.1 Å². The van der Waals surface area contributed by atoms with Crippen molar-refractivity contribution in [3.05, 3.63) is 89.5 Å². The molecule has 0 bridgehead atoms. The number of hydrogen-bond donors (Lipinski definition) is 2. The molecule has 29 heavy (non-hydrogen) atoms. The zero-order valence-electron chi connectivity index (χ0n) is 16.2. The lowest BCUT2D eigenvalue weighted by Crippen LogP contribution is -2.32. The first-order chi connectivity index (χ1) is 14.0. The SMILES string of the molecule is COc1ccc(N[C@@H](C)C(=O)Nc2c(F)cccc2F)cc1Cc1ccccc1. The molecular weight excluding hydrogens is 374 g/mol. The van der Waals surface area contributed by atoms with Gasteiger partial charge in [-0.2, -0.15) is 0 Å². The van der Waals surface area contributed by atoms with Crippen molar-refractivity contribution in [3.8, 4) is 5.75 Å². The number of methoxy groups -OCH3 is 1. The first-order valence-corrected chi connectivity index (χ1v) is 9.20. The summed E-state index contributed by atoms with van der Waals surface area (Å²) in [4.78, 5) is 12.4. The number of nitrogens with one attached hydrogen (secondary N) is 2. The summed E-state index contributed by atoms with van der Waals surface area (Å²) in [6, 6.07) is 18.2. The standard InChI is InChI=1S/C23H22F2N2O2/c1-15(23(28)27-22-19(24)9-6-10-20(22)25)26-18-11-12-21(29-2)17(14-18)13-16-7-4-3-5-8-16/h3-12,14-15,26H,13H2,1-2H3,(H,27,28)/t15-/m0/s1. The Hall–Kier alpha value is -3.41. The van der Waals surface area contributed by atoms with E-state index >= 15 is 0 Å². The van der Waals surface area contributed by atoms with E-state index in [1.54, 1.807) is 20.1 Å². The molecule has 0 saturated carbocycles. The molecule has 150 valence electrons. The van der Waals surface area contributed by atoms with E-state index in [-0.39, 0.29) is 0 Å². The maximum absolute atomic E-state index is 13.8. The summed E-state index contributed by atoms with van der Waals surface area (Å²) < 4.78 is 33.0. The van der Waals surface area contributed by atoms with Crippen LogP contribution in [0.3, 0.4) is 0 Å². The summed E-state index contributed by atoms with van der Waals surface area (Å²) >= 11 is 0. The van der Waals surface area contributed by atoms with Crippen molar-refractivity contribution in [1.29, 1.82) is 0 Å². The topological polar surface area (TPSA) is 50.4 Å². The van der Waals surface area contributed by atoms with E-state index in [4.69, 9.17) is 4.74 Å². The van der Waals surface area contributed by atoms with Crippen molar-refractivity contribution < 1.29 is 18.3 Å². The highest BCUT2D eigenvalue weighted by Gasteiger charge is 2.18. The molecule has 0 aliphatic heterocycles. The Morgan fingerprint density at radius 1 is 1.00 bits per heavy atom. The third-order valence-electron chi connectivity index (χ3n) is 4.51. The van der Waals surface area contributed by atoms with Gasteiger partial charge in [-0.25, -0.2) is 8.78 Å². The largest absolute Gasteiger partial charge is 0.496 e. The van der Waals surface area contributed by atoms with Crippen LogP contribution in [0.1, 0.15) is 18.1 Å². The molecule has 0 aliphatic rings.